The number of rotatable bonds is 12. The van der Waals surface area contributed by atoms with E-state index in [-0.39, 0.29) is 0 Å². The number of carbonyl (C=O) groups excluding carboxylic acids is 1. The number of nitrogens with two attached hydrogens (primary N) is 1. The van der Waals surface area contributed by atoms with E-state index in [1.165, 1.54) is 36.2 Å². The smallest absolute Gasteiger partial charge is 0.150 e. The van der Waals surface area contributed by atoms with Gasteiger partial charge in [0.15, 0.2) is 5.82 Å². The van der Waals surface area contributed by atoms with Crippen molar-refractivity contribution < 1.29 is 13.4 Å². The Balaban J connectivity index is 0.000000894. The fraction of sp³-hybridized carbons (Fsp3) is 0.381. The van der Waals surface area contributed by atoms with Crippen molar-refractivity contribution in [3.63, 3.8) is 0 Å². The number of aldehydes is 1. The Bertz CT molecular complexity index is 887. The second kappa shape index (κ2) is 14.7. The van der Waals surface area contributed by atoms with Crippen LogP contribution in [0.1, 0.15) is 18.4 Å². The summed E-state index contributed by atoms with van der Waals surface area (Å²) in [5, 5.41) is 3.04. The summed E-state index contributed by atoms with van der Waals surface area (Å²) in [5.74, 6) is 6.63. The van der Waals surface area contributed by atoms with Gasteiger partial charge in [-0.1, -0.05) is 0 Å². The van der Waals surface area contributed by atoms with Crippen molar-refractivity contribution in [3.8, 4) is 0 Å². The molecule has 0 bridgehead atoms. The monoisotopic (exact) mass is 482 g/mol. The molecular formula is C21H31FN6O2S2. The number of nitrogens with zero attached hydrogens (tertiary/aromatic N) is 3. The maximum Gasteiger partial charge on any atom is 0.150 e. The summed E-state index contributed by atoms with van der Waals surface area (Å²) in [7, 11) is 2.33. The first-order valence-electron chi connectivity index (χ1n) is 9.72. The van der Waals surface area contributed by atoms with Gasteiger partial charge >= 0.3 is 0 Å². The van der Waals surface area contributed by atoms with Crippen LogP contribution < -0.4 is 16.6 Å². The first kappa shape index (κ1) is 27.7. The predicted octanol–water partition coefficient (Wildman–Crippen LogP) is 2.33. The average molecular weight is 483 g/mol. The summed E-state index contributed by atoms with van der Waals surface area (Å²) in [6, 6.07) is 4.13. The highest BCUT2D eigenvalue weighted by Gasteiger charge is 2.19. The van der Waals surface area contributed by atoms with Crippen molar-refractivity contribution in [3.05, 3.63) is 46.5 Å². The molecule has 32 heavy (non-hydrogen) atoms. The van der Waals surface area contributed by atoms with Gasteiger partial charge in [0, 0.05) is 40.5 Å². The maximum atomic E-state index is 13.9. The van der Waals surface area contributed by atoms with E-state index in [2.05, 4.69) is 34.2 Å². The van der Waals surface area contributed by atoms with Gasteiger partial charge in [0.2, 0.25) is 0 Å². The highest BCUT2D eigenvalue weighted by atomic mass is 32.2. The van der Waals surface area contributed by atoms with Gasteiger partial charge in [0.05, 0.1) is 29.2 Å². The van der Waals surface area contributed by atoms with E-state index in [9.17, 15) is 13.4 Å². The standard InChI is InChI=1S/C17H25FN6OS2.C4H6O/c1-20-9-14(13-8-12(18)6-7-16(13)27(5)25)24(4)10-15(26-11-21-2)17(22-3)23-19;5-3-4-1-2-4/h6-9,21,23H,1,3,10-11,19H2,2,4-5H3;3-4H,1-2H2/b14-9-,17-15+;. The molecule has 1 atom stereocenters. The van der Waals surface area contributed by atoms with Crippen LogP contribution in [0.2, 0.25) is 0 Å². The zero-order valence-corrected chi connectivity index (χ0v) is 20.3. The van der Waals surface area contributed by atoms with Gasteiger partial charge in [-0.05, 0) is 51.5 Å². The van der Waals surface area contributed by atoms with E-state index < -0.39 is 16.6 Å². The number of hydrogen-bond acceptors (Lipinski definition) is 9. The number of halogens is 1. The van der Waals surface area contributed by atoms with Crippen LogP contribution in [0, 0.1) is 11.7 Å². The van der Waals surface area contributed by atoms with Crippen LogP contribution in [0.5, 0.6) is 0 Å². The lowest BCUT2D eigenvalue weighted by Crippen LogP contribution is -2.26. The van der Waals surface area contributed by atoms with Crippen LogP contribution in [-0.4, -0.2) is 61.6 Å². The minimum Gasteiger partial charge on any atom is -0.368 e. The lowest BCUT2D eigenvalue weighted by Gasteiger charge is -2.25. The number of nitrogens with one attached hydrogen (secondary N) is 2. The van der Waals surface area contributed by atoms with E-state index in [4.69, 9.17) is 5.84 Å². The first-order chi connectivity index (χ1) is 15.3. The molecule has 0 aromatic heterocycles. The van der Waals surface area contributed by atoms with Gasteiger partial charge in [-0.25, -0.2) is 15.2 Å². The van der Waals surface area contributed by atoms with Crippen LogP contribution in [0.4, 0.5) is 4.39 Å². The van der Waals surface area contributed by atoms with Crippen LogP contribution in [0.25, 0.3) is 5.70 Å². The van der Waals surface area contributed by atoms with Gasteiger partial charge in [0.25, 0.3) is 0 Å². The average Bonchev–Trinajstić information content (AvgIpc) is 3.61. The summed E-state index contributed by atoms with van der Waals surface area (Å²) < 4.78 is 26.0. The van der Waals surface area contributed by atoms with Gasteiger partial charge < -0.3 is 20.4 Å². The quantitative estimate of drug-likeness (QED) is 0.138. The van der Waals surface area contributed by atoms with Crippen molar-refractivity contribution in [1.82, 2.24) is 15.6 Å². The summed E-state index contributed by atoms with van der Waals surface area (Å²) in [4.78, 5) is 20.5. The molecule has 1 aliphatic carbocycles. The van der Waals surface area contributed by atoms with Crippen molar-refractivity contribution in [1.29, 1.82) is 0 Å². The van der Waals surface area contributed by atoms with Crippen LogP contribution in [-0.2, 0) is 15.6 Å². The molecule has 0 amide bonds. The minimum atomic E-state index is -1.30. The molecular weight excluding hydrogens is 451 g/mol. The molecule has 0 spiro atoms. The second-order valence-corrected chi connectivity index (χ2v) is 9.26. The Morgan fingerprint density at radius 3 is 2.56 bits per heavy atom. The SMILES string of the molecule is C=N/C=C(/c1cc(F)ccc1S(C)=O)N(C)C/C(SCNC)=C(/N=C)NN.O=CC1CC1. The highest BCUT2D eigenvalue weighted by Crippen LogP contribution is 2.28. The molecule has 1 aromatic rings. The maximum absolute atomic E-state index is 13.9. The van der Waals surface area contributed by atoms with Gasteiger partial charge in [-0.3, -0.25) is 9.20 Å². The van der Waals surface area contributed by atoms with Crippen LogP contribution in [0.15, 0.2) is 50.0 Å². The van der Waals surface area contributed by atoms with Crippen molar-refractivity contribution in [2.45, 2.75) is 17.7 Å². The molecule has 1 aliphatic rings. The topological polar surface area (TPSA) is 112 Å². The molecule has 8 nitrogen and oxygen atoms in total. The molecule has 0 radical (unpaired) electrons. The second-order valence-electron chi connectivity index (χ2n) is 6.84. The molecule has 0 saturated heterocycles. The molecule has 176 valence electrons. The van der Waals surface area contributed by atoms with Gasteiger partial charge in [-0.2, -0.15) is 0 Å². The number of thioether (sulfide) groups is 1. The molecule has 1 unspecified atom stereocenters. The fourth-order valence-corrected chi connectivity index (χ4v) is 4.11. The number of benzene rings is 1. The van der Waals surface area contributed by atoms with Gasteiger partial charge in [-0.15, -0.1) is 11.8 Å². The first-order valence-corrected chi connectivity index (χ1v) is 12.3. The number of hydrogen-bond donors (Lipinski definition) is 3. The van der Waals surface area contributed by atoms with Crippen LogP contribution >= 0.6 is 11.8 Å². The number of hydrazine groups is 1. The Morgan fingerprint density at radius 2 is 2.12 bits per heavy atom. The normalized spacial score (nSPS) is 15.0. The third-order valence-electron chi connectivity index (χ3n) is 4.30. The molecule has 1 fully saturated rings. The summed E-state index contributed by atoms with van der Waals surface area (Å²) in [5.41, 5.74) is 3.58. The molecule has 1 aromatic carbocycles. The summed E-state index contributed by atoms with van der Waals surface area (Å²) in [6.45, 7) is 7.40. The third kappa shape index (κ3) is 9.03. The molecule has 0 aliphatic heterocycles. The fourth-order valence-electron chi connectivity index (χ4n) is 2.51. The number of likely N-dealkylation sites (N-methyl/N-ethyl adjacent to an activating group) is 1. The Morgan fingerprint density at radius 1 is 1.44 bits per heavy atom. The van der Waals surface area contributed by atoms with Crippen LogP contribution in [0.3, 0.4) is 0 Å². The van der Waals surface area contributed by atoms with Gasteiger partial charge in [0.1, 0.15) is 12.1 Å². The molecule has 11 heteroatoms. The lowest BCUT2D eigenvalue weighted by molar-refractivity contribution is -0.108. The summed E-state index contributed by atoms with van der Waals surface area (Å²) >= 11 is 1.49. The van der Waals surface area contributed by atoms with E-state index >= 15 is 0 Å². The zero-order chi connectivity index (χ0) is 24.1. The largest absolute Gasteiger partial charge is 0.368 e. The van der Waals surface area contributed by atoms with Crippen molar-refractivity contribution in [2.75, 3.05) is 32.8 Å². The summed E-state index contributed by atoms with van der Waals surface area (Å²) in [6.07, 6.45) is 6.36. The molecule has 4 N–H and O–H groups in total. The third-order valence-corrected chi connectivity index (χ3v) is 6.38. The van der Waals surface area contributed by atoms with E-state index in [1.54, 1.807) is 13.3 Å². The zero-order valence-electron chi connectivity index (χ0n) is 18.6. The molecule has 2 rings (SSSR count). The highest BCUT2D eigenvalue weighted by molar-refractivity contribution is 8.03. The molecule has 0 heterocycles. The Labute approximate surface area is 195 Å². The Kier molecular flexibility index (Phi) is 12.7. The Hall–Kier alpha value is -2.34. The van der Waals surface area contributed by atoms with Crippen molar-refractivity contribution in [2.24, 2.45) is 21.7 Å². The minimum absolute atomic E-state index is 0.387. The number of carbonyl (C=O) groups is 1. The number of aliphatic imine (C=N–C) groups is 2. The predicted molar refractivity (Wildman–Crippen MR) is 133 cm³/mol. The van der Waals surface area contributed by atoms with E-state index in [0.717, 1.165) is 24.0 Å². The van der Waals surface area contributed by atoms with E-state index in [1.807, 2.05) is 11.9 Å². The lowest BCUT2D eigenvalue weighted by atomic mass is 10.1. The molecule has 1 saturated carbocycles. The van der Waals surface area contributed by atoms with Crippen molar-refractivity contribution >= 4 is 48.0 Å². The van der Waals surface area contributed by atoms with E-state index in [0.29, 0.717) is 40.3 Å².